The Morgan fingerprint density at radius 2 is 1.90 bits per heavy atom. The van der Waals surface area contributed by atoms with Crippen molar-refractivity contribution >= 4 is 23.6 Å². The number of carbonyl (C=O) groups excluding carboxylic acids is 1. The molecule has 0 aliphatic carbocycles. The first-order valence-corrected chi connectivity index (χ1v) is 5.75. The van der Waals surface area contributed by atoms with Crippen LogP contribution in [-0.2, 0) is 0 Å². The van der Waals surface area contributed by atoms with Gasteiger partial charge in [-0.25, -0.2) is 4.39 Å². The second kappa shape index (κ2) is 5.66. The summed E-state index contributed by atoms with van der Waals surface area (Å²) >= 11 is 5.89. The molecule has 5 nitrogen and oxygen atoms in total. The van der Waals surface area contributed by atoms with Gasteiger partial charge in [-0.3, -0.25) is 14.9 Å². The molecule has 2 aromatic carbocycles. The quantitative estimate of drug-likeness (QED) is 0.486. The molecular formula is C13H7ClFNO4. The summed E-state index contributed by atoms with van der Waals surface area (Å²) in [5, 5.41) is 10.9. The van der Waals surface area contributed by atoms with Gasteiger partial charge in [0.05, 0.1) is 16.0 Å². The minimum atomic E-state index is -0.758. The molecule has 102 valence electrons. The number of nitro groups is 1. The summed E-state index contributed by atoms with van der Waals surface area (Å²) in [5.41, 5.74) is -0.170. The molecule has 0 aliphatic rings. The van der Waals surface area contributed by atoms with Crippen LogP contribution in [0, 0.1) is 15.9 Å². The number of hydrogen-bond acceptors (Lipinski definition) is 4. The summed E-state index contributed by atoms with van der Waals surface area (Å²) in [4.78, 5) is 20.7. The van der Waals surface area contributed by atoms with Gasteiger partial charge in [0.1, 0.15) is 17.9 Å². The summed E-state index contributed by atoms with van der Waals surface area (Å²) in [6.07, 6.45) is 0.607. The number of nitro benzene ring substituents is 1. The van der Waals surface area contributed by atoms with E-state index in [1.807, 2.05) is 0 Å². The number of ether oxygens (including phenoxy) is 1. The van der Waals surface area contributed by atoms with Crippen molar-refractivity contribution in [1.29, 1.82) is 0 Å². The molecule has 0 amide bonds. The maximum Gasteiger partial charge on any atom is 0.314 e. The van der Waals surface area contributed by atoms with Gasteiger partial charge in [0.25, 0.3) is 0 Å². The topological polar surface area (TPSA) is 69.4 Å². The van der Waals surface area contributed by atoms with Gasteiger partial charge in [-0.05, 0) is 30.3 Å². The first-order chi connectivity index (χ1) is 9.51. The van der Waals surface area contributed by atoms with E-state index in [1.165, 1.54) is 18.2 Å². The monoisotopic (exact) mass is 295 g/mol. The van der Waals surface area contributed by atoms with Crippen LogP contribution in [0.15, 0.2) is 36.4 Å². The highest BCUT2D eigenvalue weighted by atomic mass is 35.5. The summed E-state index contributed by atoms with van der Waals surface area (Å²) in [7, 11) is 0. The van der Waals surface area contributed by atoms with Crippen LogP contribution >= 0.6 is 11.6 Å². The molecule has 2 rings (SSSR count). The predicted octanol–water partition coefficient (Wildman–Crippen LogP) is 3.99. The highest BCUT2D eigenvalue weighted by Gasteiger charge is 2.18. The summed E-state index contributed by atoms with van der Waals surface area (Å²) < 4.78 is 18.3. The van der Waals surface area contributed by atoms with Crippen molar-refractivity contribution in [2.45, 2.75) is 0 Å². The summed E-state index contributed by atoms with van der Waals surface area (Å²) in [6, 6.07) is 7.14. The van der Waals surface area contributed by atoms with Crippen molar-refractivity contribution in [3.63, 3.8) is 0 Å². The van der Waals surface area contributed by atoms with Gasteiger partial charge in [-0.2, -0.15) is 0 Å². The number of benzene rings is 2. The molecule has 0 saturated carbocycles. The molecule has 0 N–H and O–H groups in total. The van der Waals surface area contributed by atoms with Crippen LogP contribution in [0.2, 0.25) is 5.02 Å². The SMILES string of the molecule is O=Cc1ccc(Oc2ccc(F)cc2[N+](=O)[O-])c(Cl)c1. The summed E-state index contributed by atoms with van der Waals surface area (Å²) in [5.74, 6) is -0.754. The van der Waals surface area contributed by atoms with E-state index in [-0.39, 0.29) is 16.5 Å². The lowest BCUT2D eigenvalue weighted by atomic mass is 10.2. The molecule has 0 atom stereocenters. The third-order valence-corrected chi connectivity index (χ3v) is 2.72. The number of aldehydes is 1. The van der Waals surface area contributed by atoms with E-state index in [1.54, 1.807) is 0 Å². The Bertz CT molecular complexity index is 690. The van der Waals surface area contributed by atoms with Gasteiger partial charge in [-0.1, -0.05) is 11.6 Å². The predicted molar refractivity (Wildman–Crippen MR) is 70.0 cm³/mol. The van der Waals surface area contributed by atoms with E-state index in [0.29, 0.717) is 11.8 Å². The van der Waals surface area contributed by atoms with Crippen LogP contribution in [0.4, 0.5) is 10.1 Å². The molecule has 0 radical (unpaired) electrons. The fourth-order valence-electron chi connectivity index (χ4n) is 1.51. The molecule has 0 spiro atoms. The van der Waals surface area contributed by atoms with Crippen molar-refractivity contribution in [1.82, 2.24) is 0 Å². The first-order valence-electron chi connectivity index (χ1n) is 5.38. The highest BCUT2D eigenvalue weighted by Crippen LogP contribution is 2.35. The Morgan fingerprint density at radius 1 is 1.20 bits per heavy atom. The molecule has 0 heterocycles. The Morgan fingerprint density at radius 3 is 2.50 bits per heavy atom. The zero-order valence-electron chi connectivity index (χ0n) is 9.88. The van der Waals surface area contributed by atoms with Crippen LogP contribution in [0.25, 0.3) is 0 Å². The average molecular weight is 296 g/mol. The second-order valence-electron chi connectivity index (χ2n) is 3.78. The van der Waals surface area contributed by atoms with Crippen molar-refractivity contribution in [2.75, 3.05) is 0 Å². The number of rotatable bonds is 4. The Labute approximate surface area is 117 Å². The molecule has 0 aliphatic heterocycles. The molecule has 0 fully saturated rings. The highest BCUT2D eigenvalue weighted by molar-refractivity contribution is 6.32. The van der Waals surface area contributed by atoms with Crippen molar-refractivity contribution in [2.24, 2.45) is 0 Å². The molecule has 0 aromatic heterocycles. The van der Waals surface area contributed by atoms with E-state index in [0.717, 1.165) is 18.2 Å². The van der Waals surface area contributed by atoms with Gasteiger partial charge in [0.2, 0.25) is 5.75 Å². The smallest absolute Gasteiger partial charge is 0.314 e. The molecule has 0 unspecified atom stereocenters. The van der Waals surface area contributed by atoms with Gasteiger partial charge in [0, 0.05) is 5.56 Å². The van der Waals surface area contributed by atoms with Gasteiger partial charge in [-0.15, -0.1) is 0 Å². The van der Waals surface area contributed by atoms with Crippen LogP contribution in [0.3, 0.4) is 0 Å². The number of carbonyl (C=O) groups is 1. The van der Waals surface area contributed by atoms with Crippen LogP contribution < -0.4 is 4.74 Å². The molecule has 0 bridgehead atoms. The Balaban J connectivity index is 2.39. The molecule has 0 saturated heterocycles. The zero-order valence-corrected chi connectivity index (χ0v) is 10.6. The minimum absolute atomic E-state index is 0.119. The van der Waals surface area contributed by atoms with Gasteiger partial charge < -0.3 is 4.74 Å². The number of nitrogens with zero attached hydrogens (tertiary/aromatic N) is 1. The maximum absolute atomic E-state index is 13.0. The second-order valence-corrected chi connectivity index (χ2v) is 4.19. The fraction of sp³-hybridized carbons (Fsp3) is 0. The zero-order chi connectivity index (χ0) is 14.7. The van der Waals surface area contributed by atoms with E-state index in [9.17, 15) is 19.3 Å². The van der Waals surface area contributed by atoms with Crippen LogP contribution in [0.5, 0.6) is 11.5 Å². The van der Waals surface area contributed by atoms with Crippen LogP contribution in [0.1, 0.15) is 10.4 Å². The van der Waals surface area contributed by atoms with Crippen LogP contribution in [-0.4, -0.2) is 11.2 Å². The normalized spacial score (nSPS) is 10.1. The third kappa shape index (κ3) is 2.92. The van der Waals surface area contributed by atoms with Crippen molar-refractivity contribution in [3.8, 4) is 11.5 Å². The largest absolute Gasteiger partial charge is 0.449 e. The molecule has 2 aromatic rings. The van der Waals surface area contributed by atoms with Gasteiger partial charge >= 0.3 is 5.69 Å². The number of hydrogen-bond donors (Lipinski definition) is 0. The Hall–Kier alpha value is -2.47. The first kappa shape index (κ1) is 14.0. The third-order valence-electron chi connectivity index (χ3n) is 2.43. The molecule has 7 heteroatoms. The average Bonchev–Trinajstić information content (AvgIpc) is 2.42. The van der Waals surface area contributed by atoms with E-state index in [2.05, 4.69) is 0 Å². The Kier molecular flexibility index (Phi) is 3.95. The maximum atomic E-state index is 13.0. The van der Waals surface area contributed by atoms with E-state index in [4.69, 9.17) is 16.3 Å². The lowest BCUT2D eigenvalue weighted by Gasteiger charge is -2.08. The molecule has 20 heavy (non-hydrogen) atoms. The molecular weight excluding hydrogens is 289 g/mol. The number of halogens is 2. The van der Waals surface area contributed by atoms with Gasteiger partial charge in [0.15, 0.2) is 0 Å². The fourth-order valence-corrected chi connectivity index (χ4v) is 1.74. The standard InChI is InChI=1S/C13H7ClFNO4/c14-10-5-8(7-17)1-3-12(10)20-13-4-2-9(15)6-11(13)16(18)19/h1-7H. The van der Waals surface area contributed by atoms with E-state index < -0.39 is 16.4 Å². The van der Waals surface area contributed by atoms with Crippen molar-refractivity contribution < 1.29 is 18.8 Å². The lowest BCUT2D eigenvalue weighted by Crippen LogP contribution is -1.95. The lowest BCUT2D eigenvalue weighted by molar-refractivity contribution is -0.385. The summed E-state index contributed by atoms with van der Waals surface area (Å²) in [6.45, 7) is 0. The minimum Gasteiger partial charge on any atom is -0.449 e. The van der Waals surface area contributed by atoms with Crippen molar-refractivity contribution in [3.05, 3.63) is 62.9 Å². The van der Waals surface area contributed by atoms with E-state index >= 15 is 0 Å².